The molecule has 4 heteroatoms. The van der Waals surface area contributed by atoms with Crippen molar-refractivity contribution in [3.05, 3.63) is 0 Å². The van der Waals surface area contributed by atoms with E-state index in [0.29, 0.717) is 17.6 Å². The molecule has 1 atom stereocenters. The minimum Gasteiger partial charge on any atom is -0.550 e. The van der Waals surface area contributed by atoms with Crippen LogP contribution in [-0.2, 0) is 9.53 Å². The number of quaternary nitrogens is 1. The molecule has 0 N–H and O–H groups in total. The number of hydrogen-bond acceptors (Lipinski definition) is 3. The van der Waals surface area contributed by atoms with E-state index < -0.39 is 5.97 Å². The van der Waals surface area contributed by atoms with E-state index in [9.17, 15) is 9.90 Å². The second-order valence-corrected chi connectivity index (χ2v) is 5.25. The van der Waals surface area contributed by atoms with Gasteiger partial charge in [0, 0.05) is 19.0 Å². The number of likely N-dealkylation sites (N-methyl/N-ethyl adjacent to an activating group) is 1. The van der Waals surface area contributed by atoms with Crippen molar-refractivity contribution in [1.82, 2.24) is 0 Å². The Kier molecular flexibility index (Phi) is 7.34. The van der Waals surface area contributed by atoms with E-state index in [-0.39, 0.29) is 12.5 Å². The quantitative estimate of drug-likeness (QED) is 0.426. The van der Waals surface area contributed by atoms with Gasteiger partial charge in [-0.2, -0.15) is 0 Å². The van der Waals surface area contributed by atoms with Gasteiger partial charge in [0.05, 0.1) is 21.1 Å². The average Bonchev–Trinajstić information content (AvgIpc) is 2.08. The summed E-state index contributed by atoms with van der Waals surface area (Å²) in [5.74, 6) is -1.03. The van der Waals surface area contributed by atoms with Crippen molar-refractivity contribution >= 4 is 5.97 Å². The molecule has 0 aliphatic rings. The van der Waals surface area contributed by atoms with E-state index in [0.717, 1.165) is 19.3 Å². The number of nitrogens with zero attached hydrogens (tertiary/aromatic N) is 1. The first-order valence-electron chi connectivity index (χ1n) is 5.97. The van der Waals surface area contributed by atoms with Crippen molar-refractivity contribution in [3.8, 4) is 0 Å². The van der Waals surface area contributed by atoms with Crippen LogP contribution in [0.3, 0.4) is 0 Å². The van der Waals surface area contributed by atoms with Crippen molar-refractivity contribution in [1.29, 1.82) is 0 Å². The number of hydrogen-bond donors (Lipinski definition) is 0. The highest BCUT2D eigenvalue weighted by Crippen LogP contribution is 2.06. The van der Waals surface area contributed by atoms with E-state index in [1.807, 2.05) is 21.1 Å². The summed E-state index contributed by atoms with van der Waals surface area (Å²) in [4.78, 5) is 10.6. The van der Waals surface area contributed by atoms with Crippen molar-refractivity contribution in [2.24, 2.45) is 0 Å². The van der Waals surface area contributed by atoms with E-state index >= 15 is 0 Å². The topological polar surface area (TPSA) is 49.4 Å². The normalized spacial score (nSPS) is 13.8. The predicted molar refractivity (Wildman–Crippen MR) is 61.8 cm³/mol. The monoisotopic (exact) mass is 231 g/mol. The van der Waals surface area contributed by atoms with E-state index in [1.54, 1.807) is 0 Å². The van der Waals surface area contributed by atoms with Crippen LogP contribution in [0.4, 0.5) is 0 Å². The number of carboxylic acid groups (broad SMARTS) is 1. The van der Waals surface area contributed by atoms with Crippen LogP contribution in [0.5, 0.6) is 0 Å². The molecule has 0 aromatic heterocycles. The van der Waals surface area contributed by atoms with Gasteiger partial charge in [0.25, 0.3) is 0 Å². The van der Waals surface area contributed by atoms with E-state index in [1.165, 1.54) is 0 Å². The number of carbonyl (C=O) groups is 1. The van der Waals surface area contributed by atoms with Gasteiger partial charge in [-0.05, 0) is 6.42 Å². The second kappa shape index (κ2) is 7.63. The number of carboxylic acids is 1. The van der Waals surface area contributed by atoms with Gasteiger partial charge in [-0.3, -0.25) is 0 Å². The summed E-state index contributed by atoms with van der Waals surface area (Å²) in [7, 11) is 6.08. The molecular weight excluding hydrogens is 206 g/mol. The van der Waals surface area contributed by atoms with E-state index in [4.69, 9.17) is 4.74 Å². The lowest BCUT2D eigenvalue weighted by Gasteiger charge is -2.29. The molecule has 0 amide bonds. The van der Waals surface area contributed by atoms with Gasteiger partial charge < -0.3 is 19.1 Å². The van der Waals surface area contributed by atoms with Crippen LogP contribution in [0.15, 0.2) is 0 Å². The fourth-order valence-electron chi connectivity index (χ4n) is 1.58. The minimum absolute atomic E-state index is 0.0123. The number of rotatable bonds is 9. The summed E-state index contributed by atoms with van der Waals surface area (Å²) in [6.45, 7) is 3.47. The Hall–Kier alpha value is -0.610. The van der Waals surface area contributed by atoms with Gasteiger partial charge in [-0.15, -0.1) is 0 Å². The van der Waals surface area contributed by atoms with Gasteiger partial charge in [0.2, 0.25) is 0 Å². The lowest BCUT2D eigenvalue weighted by atomic mass is 10.2. The maximum absolute atomic E-state index is 10.6. The third kappa shape index (κ3) is 9.93. The summed E-state index contributed by atoms with van der Waals surface area (Å²) in [5.41, 5.74) is 0. The molecule has 96 valence electrons. The Labute approximate surface area is 98.8 Å². The van der Waals surface area contributed by atoms with Crippen LogP contribution in [0.1, 0.15) is 32.6 Å². The molecule has 0 aromatic rings. The lowest BCUT2D eigenvalue weighted by Crippen LogP contribution is -2.44. The fourth-order valence-corrected chi connectivity index (χ4v) is 1.58. The van der Waals surface area contributed by atoms with Crippen LogP contribution in [0.2, 0.25) is 0 Å². The molecule has 4 nitrogen and oxygen atoms in total. The summed E-state index contributed by atoms with van der Waals surface area (Å²) in [6, 6.07) is 0. The van der Waals surface area contributed by atoms with Gasteiger partial charge in [0.15, 0.2) is 0 Å². The van der Waals surface area contributed by atoms with Crippen LogP contribution in [0, 0.1) is 0 Å². The van der Waals surface area contributed by atoms with Crippen LogP contribution in [0.25, 0.3) is 0 Å². The molecule has 0 bridgehead atoms. The summed E-state index contributed by atoms with van der Waals surface area (Å²) in [6.07, 6.45) is 3.02. The highest BCUT2D eigenvalue weighted by Gasteiger charge is 2.18. The first kappa shape index (κ1) is 15.4. The predicted octanol–water partition coefficient (Wildman–Crippen LogP) is 0.408. The number of carbonyl (C=O) groups excluding carboxylic acids is 1. The molecule has 0 radical (unpaired) electrons. The molecule has 0 spiro atoms. The standard InChI is InChI=1S/C12H25NO3/c1-5-6-7-8-16-11(9-12(14)15)10-13(2,3)4/h11H,5-10H2,1-4H3/t11-/m1/s1. The molecule has 0 fully saturated rings. The molecule has 0 unspecified atom stereocenters. The molecular formula is C12H25NO3. The molecule has 0 aliphatic heterocycles. The Balaban J connectivity index is 3.96. The Morgan fingerprint density at radius 2 is 1.94 bits per heavy atom. The number of ether oxygens (including phenoxy) is 1. The zero-order valence-electron chi connectivity index (χ0n) is 11.0. The zero-order chi connectivity index (χ0) is 12.6. The summed E-state index contributed by atoms with van der Waals surface area (Å²) < 4.78 is 6.29. The van der Waals surface area contributed by atoms with Gasteiger partial charge in [-0.1, -0.05) is 19.8 Å². The van der Waals surface area contributed by atoms with Gasteiger partial charge in [-0.25, -0.2) is 0 Å². The zero-order valence-corrected chi connectivity index (χ0v) is 11.0. The third-order valence-corrected chi connectivity index (χ3v) is 2.25. The van der Waals surface area contributed by atoms with Crippen molar-refractivity contribution in [2.45, 2.75) is 38.7 Å². The molecule has 0 aliphatic carbocycles. The minimum atomic E-state index is -1.03. The summed E-state index contributed by atoms with van der Waals surface area (Å²) >= 11 is 0. The Morgan fingerprint density at radius 3 is 2.38 bits per heavy atom. The van der Waals surface area contributed by atoms with Crippen molar-refractivity contribution in [2.75, 3.05) is 34.3 Å². The maximum Gasteiger partial charge on any atom is 0.112 e. The Morgan fingerprint density at radius 1 is 1.31 bits per heavy atom. The average molecular weight is 231 g/mol. The first-order chi connectivity index (χ1) is 7.35. The second-order valence-electron chi connectivity index (χ2n) is 5.25. The van der Waals surface area contributed by atoms with Crippen LogP contribution < -0.4 is 5.11 Å². The molecule has 0 aromatic carbocycles. The van der Waals surface area contributed by atoms with Crippen molar-refractivity contribution < 1.29 is 19.1 Å². The Bertz CT molecular complexity index is 199. The third-order valence-electron chi connectivity index (χ3n) is 2.25. The first-order valence-corrected chi connectivity index (χ1v) is 5.97. The van der Waals surface area contributed by atoms with Crippen LogP contribution in [-0.4, -0.2) is 50.9 Å². The highest BCUT2D eigenvalue weighted by atomic mass is 16.5. The van der Waals surface area contributed by atoms with Gasteiger partial charge in [0.1, 0.15) is 12.6 Å². The molecule has 16 heavy (non-hydrogen) atoms. The smallest absolute Gasteiger partial charge is 0.112 e. The molecule has 0 rings (SSSR count). The molecule has 0 saturated carbocycles. The van der Waals surface area contributed by atoms with Crippen molar-refractivity contribution in [3.63, 3.8) is 0 Å². The highest BCUT2D eigenvalue weighted by molar-refractivity contribution is 5.64. The SMILES string of the molecule is CCCCCO[C@H](CC(=O)[O-])C[N+](C)(C)C. The van der Waals surface area contributed by atoms with Gasteiger partial charge >= 0.3 is 0 Å². The van der Waals surface area contributed by atoms with E-state index in [2.05, 4.69) is 6.92 Å². The largest absolute Gasteiger partial charge is 0.550 e. The number of aliphatic carboxylic acids is 1. The maximum atomic E-state index is 10.6. The number of unbranched alkanes of at least 4 members (excludes halogenated alkanes) is 2. The molecule has 0 heterocycles. The van der Waals surface area contributed by atoms with Crippen LogP contribution >= 0.6 is 0 Å². The molecule has 0 saturated heterocycles. The fraction of sp³-hybridized carbons (Fsp3) is 0.917. The lowest BCUT2D eigenvalue weighted by molar-refractivity contribution is -0.873. The summed E-state index contributed by atoms with van der Waals surface area (Å²) in [5, 5.41) is 10.6.